The fourth-order valence-corrected chi connectivity index (χ4v) is 3.12. The normalized spacial score (nSPS) is 17.3. The lowest BCUT2D eigenvalue weighted by molar-refractivity contribution is 0.177. The maximum absolute atomic E-state index is 13.1. The number of anilines is 2. The first-order chi connectivity index (χ1) is 14.4. The van der Waals surface area contributed by atoms with Crippen molar-refractivity contribution in [3.63, 3.8) is 0 Å². The topological polar surface area (TPSA) is 106 Å². The van der Waals surface area contributed by atoms with Crippen LogP contribution in [0.25, 0.3) is 11.5 Å². The highest BCUT2D eigenvalue weighted by molar-refractivity contribution is 5.89. The maximum atomic E-state index is 13.1. The predicted molar refractivity (Wildman–Crippen MR) is 106 cm³/mol. The van der Waals surface area contributed by atoms with Crippen molar-refractivity contribution in [2.45, 2.75) is 32.9 Å². The van der Waals surface area contributed by atoms with E-state index >= 15 is 0 Å². The number of rotatable bonds is 6. The van der Waals surface area contributed by atoms with Gasteiger partial charge in [0.1, 0.15) is 24.3 Å². The molecule has 2 atom stereocenters. The molecule has 30 heavy (non-hydrogen) atoms. The lowest BCUT2D eigenvalue weighted by atomic mass is 10.0. The Balaban J connectivity index is 1.50. The van der Waals surface area contributed by atoms with Crippen LogP contribution in [-0.4, -0.2) is 38.9 Å². The largest absolute Gasteiger partial charge is 0.447 e. The van der Waals surface area contributed by atoms with Crippen LogP contribution in [0.3, 0.4) is 0 Å². The number of hydrogen-bond donors (Lipinski definition) is 1. The molecule has 0 saturated carbocycles. The van der Waals surface area contributed by atoms with Gasteiger partial charge in [0.15, 0.2) is 0 Å². The van der Waals surface area contributed by atoms with E-state index in [1.807, 2.05) is 20.8 Å². The molecular weight excluding hydrogens is 391 g/mol. The molecule has 1 unspecified atom stereocenters. The highest BCUT2D eigenvalue weighted by Crippen LogP contribution is 2.27. The fraction of sp³-hybridized carbons (Fsp3) is 0.350. The Bertz CT molecular complexity index is 1040. The van der Waals surface area contributed by atoms with Crippen molar-refractivity contribution in [2.24, 2.45) is 5.92 Å². The second-order valence-electron chi connectivity index (χ2n) is 7.32. The monoisotopic (exact) mass is 412 g/mol. The van der Waals surface area contributed by atoms with Gasteiger partial charge in [0.05, 0.1) is 6.04 Å². The first-order valence-corrected chi connectivity index (χ1v) is 9.57. The van der Waals surface area contributed by atoms with E-state index < -0.39 is 12.1 Å². The Morgan fingerprint density at radius 1 is 1.17 bits per heavy atom. The van der Waals surface area contributed by atoms with Crippen molar-refractivity contribution in [1.82, 2.24) is 20.2 Å². The van der Waals surface area contributed by atoms with Gasteiger partial charge in [0.25, 0.3) is 0 Å². The highest BCUT2D eigenvalue weighted by Gasteiger charge is 2.37. The third-order valence-electron chi connectivity index (χ3n) is 4.81. The Hall–Kier alpha value is -3.56. The quantitative estimate of drug-likeness (QED) is 0.651. The number of hydrogen-bond acceptors (Lipinski definition) is 8. The summed E-state index contributed by atoms with van der Waals surface area (Å²) in [7, 11) is 0. The van der Waals surface area contributed by atoms with E-state index in [-0.39, 0.29) is 23.7 Å². The minimum Gasteiger partial charge on any atom is -0.447 e. The third kappa shape index (κ3) is 3.93. The first-order valence-electron chi connectivity index (χ1n) is 9.57. The Morgan fingerprint density at radius 3 is 2.67 bits per heavy atom. The molecule has 1 aromatic carbocycles. The van der Waals surface area contributed by atoms with E-state index in [0.29, 0.717) is 29.8 Å². The summed E-state index contributed by atoms with van der Waals surface area (Å²) in [6.07, 6.45) is 1.14. The number of carbonyl (C=O) groups is 1. The summed E-state index contributed by atoms with van der Waals surface area (Å²) < 4.78 is 24.0. The number of halogens is 1. The van der Waals surface area contributed by atoms with Crippen molar-refractivity contribution < 1.29 is 18.3 Å². The number of cyclic esters (lactones) is 1. The third-order valence-corrected chi connectivity index (χ3v) is 4.81. The molecule has 0 radical (unpaired) electrons. The van der Waals surface area contributed by atoms with E-state index in [1.165, 1.54) is 12.1 Å². The highest BCUT2D eigenvalue weighted by atomic mass is 19.1. The van der Waals surface area contributed by atoms with Crippen LogP contribution in [0.1, 0.15) is 32.7 Å². The van der Waals surface area contributed by atoms with Gasteiger partial charge in [-0.05, 0) is 43.2 Å². The molecule has 0 bridgehead atoms. The number of benzene rings is 1. The van der Waals surface area contributed by atoms with Gasteiger partial charge in [-0.2, -0.15) is 4.98 Å². The first kappa shape index (κ1) is 19.7. The molecular formula is C20H21FN6O3. The van der Waals surface area contributed by atoms with Crippen LogP contribution in [0.4, 0.5) is 21.0 Å². The second-order valence-corrected chi connectivity index (χ2v) is 7.32. The van der Waals surface area contributed by atoms with E-state index in [2.05, 4.69) is 25.5 Å². The van der Waals surface area contributed by atoms with Crippen LogP contribution >= 0.6 is 0 Å². The summed E-state index contributed by atoms with van der Waals surface area (Å²) >= 11 is 0. The number of carbonyl (C=O) groups excluding carboxylic acids is 1. The predicted octanol–water partition coefficient (Wildman–Crippen LogP) is 3.82. The summed E-state index contributed by atoms with van der Waals surface area (Å²) in [5.74, 6) is 1.25. The van der Waals surface area contributed by atoms with Crippen LogP contribution < -0.4 is 10.2 Å². The Labute approximate surface area is 172 Å². The number of nitrogens with one attached hydrogen (secondary N) is 1. The van der Waals surface area contributed by atoms with Gasteiger partial charge in [0, 0.05) is 11.8 Å². The number of nitrogens with zero attached hydrogens (tertiary/aromatic N) is 5. The van der Waals surface area contributed by atoms with Crippen LogP contribution in [0, 0.1) is 11.7 Å². The van der Waals surface area contributed by atoms with Crippen molar-refractivity contribution in [1.29, 1.82) is 0 Å². The van der Waals surface area contributed by atoms with Crippen LogP contribution in [0.2, 0.25) is 0 Å². The average Bonchev–Trinajstić information content (AvgIpc) is 3.36. The Kier molecular flexibility index (Phi) is 5.30. The fourth-order valence-electron chi connectivity index (χ4n) is 3.12. The lowest BCUT2D eigenvalue weighted by Gasteiger charge is -2.23. The summed E-state index contributed by atoms with van der Waals surface area (Å²) in [5.41, 5.74) is 0.618. The summed E-state index contributed by atoms with van der Waals surface area (Å²) in [6.45, 7) is 6.19. The molecule has 1 amide bonds. The molecule has 1 fully saturated rings. The van der Waals surface area contributed by atoms with Crippen LogP contribution in [0.5, 0.6) is 0 Å². The molecule has 2 aromatic heterocycles. The molecule has 0 aliphatic carbocycles. The molecule has 156 valence electrons. The standard InChI is InChI=1S/C20H21FN6O3/c1-11(2)15-10-29-20(28)27(15)16-8-9-22-19(24-16)23-12(3)17-25-26-18(30-17)13-4-6-14(21)7-5-13/h4-9,11-12,15H,10H2,1-3H3,(H,22,23,24)/t12-,15?/m0/s1. The summed E-state index contributed by atoms with van der Waals surface area (Å²) in [4.78, 5) is 22.4. The second kappa shape index (κ2) is 8.05. The molecule has 1 aliphatic heterocycles. The molecule has 4 rings (SSSR count). The van der Waals surface area contributed by atoms with Gasteiger partial charge in [-0.3, -0.25) is 4.90 Å². The van der Waals surface area contributed by atoms with E-state index in [1.54, 1.807) is 29.3 Å². The van der Waals surface area contributed by atoms with Gasteiger partial charge in [-0.15, -0.1) is 10.2 Å². The van der Waals surface area contributed by atoms with E-state index in [9.17, 15) is 9.18 Å². The molecule has 1 N–H and O–H groups in total. The maximum Gasteiger partial charge on any atom is 0.415 e. The summed E-state index contributed by atoms with van der Waals surface area (Å²) in [5, 5.41) is 11.2. The van der Waals surface area contributed by atoms with E-state index in [4.69, 9.17) is 9.15 Å². The lowest BCUT2D eigenvalue weighted by Crippen LogP contribution is -2.37. The van der Waals surface area contributed by atoms with Crippen LogP contribution in [0.15, 0.2) is 40.9 Å². The molecule has 1 saturated heterocycles. The molecule has 10 heteroatoms. The van der Waals surface area contributed by atoms with Gasteiger partial charge in [-0.1, -0.05) is 13.8 Å². The molecule has 3 aromatic rings. The van der Waals surface area contributed by atoms with Gasteiger partial charge >= 0.3 is 6.09 Å². The zero-order valence-electron chi connectivity index (χ0n) is 16.7. The van der Waals surface area contributed by atoms with Crippen molar-refractivity contribution in [3.05, 3.63) is 48.2 Å². The van der Waals surface area contributed by atoms with Crippen molar-refractivity contribution in [3.8, 4) is 11.5 Å². The minimum absolute atomic E-state index is 0.0909. The average molecular weight is 412 g/mol. The Morgan fingerprint density at radius 2 is 1.93 bits per heavy atom. The van der Waals surface area contributed by atoms with E-state index in [0.717, 1.165) is 0 Å². The zero-order valence-corrected chi connectivity index (χ0v) is 16.7. The van der Waals surface area contributed by atoms with Gasteiger partial charge in [0.2, 0.25) is 17.7 Å². The minimum atomic E-state index is -0.424. The number of aromatic nitrogens is 4. The number of amides is 1. The molecule has 1 aliphatic rings. The summed E-state index contributed by atoms with van der Waals surface area (Å²) in [6, 6.07) is 6.97. The zero-order chi connectivity index (χ0) is 21.3. The van der Waals surface area contributed by atoms with Crippen molar-refractivity contribution >= 4 is 17.9 Å². The van der Waals surface area contributed by atoms with Crippen molar-refractivity contribution in [2.75, 3.05) is 16.8 Å². The molecule has 0 spiro atoms. The molecule has 3 heterocycles. The van der Waals surface area contributed by atoms with Crippen LogP contribution in [-0.2, 0) is 4.74 Å². The van der Waals surface area contributed by atoms with Gasteiger partial charge < -0.3 is 14.5 Å². The smallest absolute Gasteiger partial charge is 0.415 e. The molecule has 9 nitrogen and oxygen atoms in total. The SMILES string of the molecule is CC(C)C1COC(=O)N1c1ccnc(N[C@@H](C)c2nnc(-c3ccc(F)cc3)o2)n1. The number of ether oxygens (including phenoxy) is 1. The van der Waals surface area contributed by atoms with Gasteiger partial charge in [-0.25, -0.2) is 14.2 Å².